The normalized spacial score (nSPS) is 15.7. The van der Waals surface area contributed by atoms with Crippen LogP contribution in [0.25, 0.3) is 0 Å². The number of hydrogen-bond acceptors (Lipinski definition) is 6. The van der Waals surface area contributed by atoms with E-state index in [9.17, 15) is 13.2 Å². The second-order valence-electron chi connectivity index (χ2n) is 7.71. The van der Waals surface area contributed by atoms with E-state index in [1.54, 1.807) is 19.1 Å². The van der Waals surface area contributed by atoms with Crippen molar-refractivity contribution >= 4 is 15.9 Å². The lowest BCUT2D eigenvalue weighted by atomic mass is 10.1. The van der Waals surface area contributed by atoms with Gasteiger partial charge in [-0.25, -0.2) is 8.42 Å². The summed E-state index contributed by atoms with van der Waals surface area (Å²) in [5.41, 5.74) is 2.15. The standard InChI is InChI=1S/C23H30N2O6S/c1-17-14-18(2)16-21(15-17)31-19(3)23(26)24-8-11-30-20-4-6-22(7-5-20)32(27,28)25-9-12-29-13-10-25/h4-7,14-16,19H,8-13H2,1-3H3,(H,24,26)/t19-/m0/s1. The molecule has 32 heavy (non-hydrogen) atoms. The Hall–Kier alpha value is -2.62. The Balaban J connectivity index is 1.43. The summed E-state index contributed by atoms with van der Waals surface area (Å²) in [6.07, 6.45) is -0.638. The molecule has 1 aliphatic rings. The molecule has 174 valence electrons. The first-order chi connectivity index (χ1) is 15.3. The SMILES string of the molecule is Cc1cc(C)cc(O[C@@H](C)C(=O)NCCOc2ccc(S(=O)(=O)N3CCOCC3)cc2)c1. The molecule has 0 aromatic heterocycles. The Morgan fingerprint density at radius 1 is 1.06 bits per heavy atom. The van der Waals surface area contributed by atoms with E-state index < -0.39 is 16.1 Å². The first kappa shape index (κ1) is 24.0. The van der Waals surface area contributed by atoms with Crippen LogP contribution in [0.4, 0.5) is 0 Å². The summed E-state index contributed by atoms with van der Waals surface area (Å²) in [5.74, 6) is 0.952. The van der Waals surface area contributed by atoms with Crippen molar-refractivity contribution in [3.05, 3.63) is 53.6 Å². The molecule has 0 saturated carbocycles. The van der Waals surface area contributed by atoms with E-state index in [1.165, 1.54) is 16.4 Å². The molecule has 2 aromatic rings. The number of nitrogens with zero attached hydrogens (tertiary/aromatic N) is 1. The highest BCUT2D eigenvalue weighted by molar-refractivity contribution is 7.89. The van der Waals surface area contributed by atoms with Gasteiger partial charge < -0.3 is 19.5 Å². The van der Waals surface area contributed by atoms with Crippen LogP contribution in [0.3, 0.4) is 0 Å². The third-order valence-corrected chi connectivity index (χ3v) is 6.89. The number of morpholine rings is 1. The van der Waals surface area contributed by atoms with Gasteiger partial charge in [-0.1, -0.05) is 6.07 Å². The molecule has 1 amide bonds. The van der Waals surface area contributed by atoms with Gasteiger partial charge in [0.2, 0.25) is 10.0 Å². The summed E-state index contributed by atoms with van der Waals surface area (Å²) in [7, 11) is -3.53. The number of rotatable bonds is 9. The molecule has 0 bridgehead atoms. The molecule has 3 rings (SSSR count). The van der Waals surface area contributed by atoms with Gasteiger partial charge in [0, 0.05) is 13.1 Å². The van der Waals surface area contributed by atoms with Crippen molar-refractivity contribution in [2.45, 2.75) is 31.8 Å². The van der Waals surface area contributed by atoms with Crippen LogP contribution in [0.2, 0.25) is 0 Å². The smallest absolute Gasteiger partial charge is 0.260 e. The zero-order valence-corrected chi connectivity index (χ0v) is 19.5. The van der Waals surface area contributed by atoms with E-state index >= 15 is 0 Å². The van der Waals surface area contributed by atoms with Crippen molar-refractivity contribution in [1.82, 2.24) is 9.62 Å². The third-order valence-electron chi connectivity index (χ3n) is 4.98. The molecule has 0 aliphatic carbocycles. The van der Waals surface area contributed by atoms with Gasteiger partial charge in [-0.15, -0.1) is 0 Å². The van der Waals surface area contributed by atoms with Crippen molar-refractivity contribution in [3.8, 4) is 11.5 Å². The number of sulfonamides is 1. The molecule has 9 heteroatoms. The quantitative estimate of drug-likeness (QED) is 0.575. The summed E-state index contributed by atoms with van der Waals surface area (Å²) >= 11 is 0. The third kappa shape index (κ3) is 6.44. The molecular formula is C23H30N2O6S. The highest BCUT2D eigenvalue weighted by Crippen LogP contribution is 2.20. The molecule has 1 fully saturated rings. The van der Waals surface area contributed by atoms with Gasteiger partial charge in [0.05, 0.1) is 24.7 Å². The van der Waals surface area contributed by atoms with Crippen LogP contribution in [0, 0.1) is 13.8 Å². The van der Waals surface area contributed by atoms with Gasteiger partial charge in [-0.05, 0) is 68.3 Å². The summed E-state index contributed by atoms with van der Waals surface area (Å²) in [5, 5.41) is 2.78. The van der Waals surface area contributed by atoms with E-state index in [1.807, 2.05) is 32.0 Å². The lowest BCUT2D eigenvalue weighted by Gasteiger charge is -2.26. The number of amides is 1. The first-order valence-electron chi connectivity index (χ1n) is 10.6. The molecule has 1 atom stereocenters. The lowest BCUT2D eigenvalue weighted by molar-refractivity contribution is -0.127. The summed E-state index contributed by atoms with van der Waals surface area (Å²) in [6, 6.07) is 12.1. The minimum atomic E-state index is -3.53. The highest BCUT2D eigenvalue weighted by Gasteiger charge is 2.26. The van der Waals surface area contributed by atoms with Crippen LogP contribution in [0.15, 0.2) is 47.4 Å². The zero-order chi connectivity index (χ0) is 23.1. The molecule has 0 spiro atoms. The van der Waals surface area contributed by atoms with Crippen LogP contribution in [0.5, 0.6) is 11.5 Å². The summed E-state index contributed by atoms with van der Waals surface area (Å²) in [4.78, 5) is 12.5. The largest absolute Gasteiger partial charge is 0.492 e. The first-order valence-corrected chi connectivity index (χ1v) is 12.0. The second kappa shape index (κ2) is 10.8. The fourth-order valence-corrected chi connectivity index (χ4v) is 4.80. The van der Waals surface area contributed by atoms with E-state index in [4.69, 9.17) is 14.2 Å². The number of hydrogen-bond donors (Lipinski definition) is 1. The monoisotopic (exact) mass is 462 g/mol. The number of nitrogens with one attached hydrogen (secondary N) is 1. The average Bonchev–Trinajstić information content (AvgIpc) is 2.76. The Morgan fingerprint density at radius 3 is 2.31 bits per heavy atom. The van der Waals surface area contributed by atoms with Crippen LogP contribution in [-0.2, 0) is 19.6 Å². The maximum atomic E-state index is 12.6. The highest BCUT2D eigenvalue weighted by atomic mass is 32.2. The molecular weight excluding hydrogens is 432 g/mol. The van der Waals surface area contributed by atoms with Gasteiger partial charge in [0.25, 0.3) is 5.91 Å². The van der Waals surface area contributed by atoms with Gasteiger partial charge in [-0.3, -0.25) is 4.79 Å². The number of aryl methyl sites for hydroxylation is 2. The predicted octanol–water partition coefficient (Wildman–Crippen LogP) is 2.29. The molecule has 1 saturated heterocycles. The minimum Gasteiger partial charge on any atom is -0.492 e. The molecule has 2 aromatic carbocycles. The van der Waals surface area contributed by atoms with Crippen molar-refractivity contribution in [2.75, 3.05) is 39.5 Å². The van der Waals surface area contributed by atoms with Gasteiger partial charge in [-0.2, -0.15) is 4.31 Å². The average molecular weight is 463 g/mol. The molecule has 1 heterocycles. The Bertz CT molecular complexity index is 997. The Morgan fingerprint density at radius 2 is 1.69 bits per heavy atom. The summed E-state index contributed by atoms with van der Waals surface area (Å²) in [6.45, 7) is 7.71. The van der Waals surface area contributed by atoms with E-state index in [-0.39, 0.29) is 17.4 Å². The van der Waals surface area contributed by atoms with E-state index in [0.717, 1.165) is 11.1 Å². The topological polar surface area (TPSA) is 94.2 Å². The predicted molar refractivity (Wildman–Crippen MR) is 121 cm³/mol. The number of ether oxygens (including phenoxy) is 3. The lowest BCUT2D eigenvalue weighted by Crippen LogP contribution is -2.40. The number of carbonyl (C=O) groups is 1. The Labute approximate surface area is 189 Å². The van der Waals surface area contributed by atoms with Gasteiger partial charge >= 0.3 is 0 Å². The second-order valence-corrected chi connectivity index (χ2v) is 9.65. The van der Waals surface area contributed by atoms with Crippen molar-refractivity contribution in [1.29, 1.82) is 0 Å². The molecule has 1 N–H and O–H groups in total. The van der Waals surface area contributed by atoms with Crippen molar-refractivity contribution in [2.24, 2.45) is 0 Å². The van der Waals surface area contributed by atoms with Crippen molar-refractivity contribution in [3.63, 3.8) is 0 Å². The Kier molecular flexibility index (Phi) is 8.11. The maximum absolute atomic E-state index is 12.6. The van der Waals surface area contributed by atoms with Crippen LogP contribution < -0.4 is 14.8 Å². The maximum Gasteiger partial charge on any atom is 0.260 e. The zero-order valence-electron chi connectivity index (χ0n) is 18.7. The van der Waals surface area contributed by atoms with E-state index in [2.05, 4.69) is 5.32 Å². The summed E-state index contributed by atoms with van der Waals surface area (Å²) < 4.78 is 43.2. The number of benzene rings is 2. The fraction of sp³-hybridized carbons (Fsp3) is 0.435. The molecule has 0 radical (unpaired) electrons. The molecule has 0 unspecified atom stereocenters. The van der Waals surface area contributed by atoms with Gasteiger partial charge in [0.15, 0.2) is 6.10 Å². The van der Waals surface area contributed by atoms with Crippen LogP contribution in [-0.4, -0.2) is 64.2 Å². The minimum absolute atomic E-state index is 0.220. The fourth-order valence-electron chi connectivity index (χ4n) is 3.39. The number of carbonyl (C=O) groups excluding carboxylic acids is 1. The van der Waals surface area contributed by atoms with E-state index in [0.29, 0.717) is 44.3 Å². The molecule has 1 aliphatic heterocycles. The van der Waals surface area contributed by atoms with Crippen LogP contribution in [0.1, 0.15) is 18.1 Å². The van der Waals surface area contributed by atoms with Crippen LogP contribution >= 0.6 is 0 Å². The van der Waals surface area contributed by atoms with Gasteiger partial charge in [0.1, 0.15) is 18.1 Å². The molecule has 8 nitrogen and oxygen atoms in total. The van der Waals surface area contributed by atoms with Crippen molar-refractivity contribution < 1.29 is 27.4 Å².